The van der Waals surface area contributed by atoms with Crippen molar-refractivity contribution in [2.75, 3.05) is 37.3 Å². The average molecular weight is 445 g/mol. The van der Waals surface area contributed by atoms with Crippen molar-refractivity contribution in [3.8, 4) is 0 Å². The lowest BCUT2D eigenvalue weighted by molar-refractivity contribution is -0.387. The minimum absolute atomic E-state index is 0.0338. The molecule has 10 heteroatoms. The highest BCUT2D eigenvalue weighted by atomic mass is 32.2. The summed E-state index contributed by atoms with van der Waals surface area (Å²) in [6.45, 7) is 1.85. The predicted molar refractivity (Wildman–Crippen MR) is 118 cm³/mol. The maximum atomic E-state index is 11.7. The molecule has 0 aliphatic carbocycles. The second kappa shape index (κ2) is 8.21. The summed E-state index contributed by atoms with van der Waals surface area (Å²) in [5.74, 6) is 0. The third-order valence-corrected chi connectivity index (χ3v) is 7.43. The van der Waals surface area contributed by atoms with E-state index < -0.39 is 10.0 Å². The molecule has 30 heavy (non-hydrogen) atoms. The van der Waals surface area contributed by atoms with E-state index in [4.69, 9.17) is 0 Å². The molecule has 1 fully saturated rings. The van der Waals surface area contributed by atoms with Crippen LogP contribution in [0.5, 0.6) is 0 Å². The number of hydrogen-bond donors (Lipinski definition) is 0. The Kier molecular flexibility index (Phi) is 5.63. The zero-order valence-corrected chi connectivity index (χ0v) is 17.9. The van der Waals surface area contributed by atoms with Crippen LogP contribution in [-0.4, -0.2) is 55.1 Å². The van der Waals surface area contributed by atoms with Crippen LogP contribution in [0.4, 0.5) is 11.4 Å². The molecular weight excluding hydrogens is 424 g/mol. The maximum Gasteiger partial charge on any atom is 0.283 e. The van der Waals surface area contributed by atoms with Gasteiger partial charge in [-0.15, -0.1) is 0 Å². The van der Waals surface area contributed by atoms with Crippen molar-refractivity contribution in [3.05, 3.63) is 64.8 Å². The summed E-state index contributed by atoms with van der Waals surface area (Å²) >= 11 is 1.32. The van der Waals surface area contributed by atoms with Crippen LogP contribution >= 0.6 is 11.8 Å². The third-order valence-electron chi connectivity index (χ3n) is 5.03. The lowest BCUT2D eigenvalue weighted by atomic mass is 10.2. The van der Waals surface area contributed by atoms with Crippen molar-refractivity contribution in [3.63, 3.8) is 0 Å². The van der Waals surface area contributed by atoms with Crippen LogP contribution in [0.1, 0.15) is 0 Å². The maximum absolute atomic E-state index is 11.7. The summed E-state index contributed by atoms with van der Waals surface area (Å²) in [6, 6.07) is 14.6. The molecule has 0 unspecified atom stereocenters. The molecule has 8 nitrogen and oxygen atoms in total. The first-order valence-corrected chi connectivity index (χ1v) is 12.0. The Balaban J connectivity index is 1.65. The van der Waals surface area contributed by atoms with Gasteiger partial charge in [-0.1, -0.05) is 30.0 Å². The quantitative estimate of drug-likeness (QED) is 0.440. The van der Waals surface area contributed by atoms with Crippen molar-refractivity contribution < 1.29 is 13.3 Å². The molecule has 3 aromatic rings. The number of pyridine rings is 1. The van der Waals surface area contributed by atoms with Gasteiger partial charge in [0.2, 0.25) is 10.0 Å². The fourth-order valence-electron chi connectivity index (χ4n) is 3.49. The molecule has 4 rings (SSSR count). The fourth-order valence-corrected chi connectivity index (χ4v) is 5.39. The van der Waals surface area contributed by atoms with Crippen LogP contribution in [0, 0.1) is 10.1 Å². The number of piperazine rings is 1. The van der Waals surface area contributed by atoms with Crippen molar-refractivity contribution >= 4 is 44.1 Å². The van der Waals surface area contributed by atoms with E-state index in [0.29, 0.717) is 31.1 Å². The summed E-state index contributed by atoms with van der Waals surface area (Å²) in [7, 11) is -3.21. The Morgan fingerprint density at radius 2 is 1.77 bits per heavy atom. The number of nitro groups is 1. The summed E-state index contributed by atoms with van der Waals surface area (Å²) in [5, 5.41) is 12.6. The van der Waals surface area contributed by atoms with Crippen molar-refractivity contribution in [1.29, 1.82) is 0 Å². The zero-order valence-electron chi connectivity index (χ0n) is 16.3. The third kappa shape index (κ3) is 4.25. The van der Waals surface area contributed by atoms with Crippen molar-refractivity contribution in [2.24, 2.45) is 0 Å². The summed E-state index contributed by atoms with van der Waals surface area (Å²) in [6.07, 6.45) is 2.92. The van der Waals surface area contributed by atoms with Gasteiger partial charge in [0.1, 0.15) is 0 Å². The van der Waals surface area contributed by atoms with Gasteiger partial charge in [0.15, 0.2) is 0 Å². The molecular formula is C20H20N4O4S2. The summed E-state index contributed by atoms with van der Waals surface area (Å²) in [5.41, 5.74) is 1.67. The molecule has 1 saturated heterocycles. The molecule has 2 aromatic carbocycles. The van der Waals surface area contributed by atoms with E-state index in [-0.39, 0.29) is 10.6 Å². The van der Waals surface area contributed by atoms with E-state index in [1.54, 1.807) is 18.3 Å². The number of anilines is 1. The van der Waals surface area contributed by atoms with Gasteiger partial charge in [0.25, 0.3) is 5.69 Å². The van der Waals surface area contributed by atoms with Gasteiger partial charge in [-0.2, -0.15) is 4.31 Å². The number of nitrogens with zero attached hydrogens (tertiary/aromatic N) is 4. The highest BCUT2D eigenvalue weighted by Gasteiger charge is 2.25. The van der Waals surface area contributed by atoms with E-state index in [1.165, 1.54) is 28.4 Å². The van der Waals surface area contributed by atoms with E-state index in [1.807, 2.05) is 30.3 Å². The second-order valence-electron chi connectivity index (χ2n) is 6.99. The number of hydrogen-bond acceptors (Lipinski definition) is 7. The molecule has 0 saturated carbocycles. The van der Waals surface area contributed by atoms with Crippen LogP contribution in [0.3, 0.4) is 0 Å². The Labute approximate surface area is 178 Å². The van der Waals surface area contributed by atoms with Gasteiger partial charge in [-0.05, 0) is 24.3 Å². The largest absolute Gasteiger partial charge is 0.369 e. The molecule has 0 radical (unpaired) electrons. The number of aromatic nitrogens is 1. The number of nitro benzene ring substituents is 1. The second-order valence-corrected chi connectivity index (χ2v) is 10.1. The summed E-state index contributed by atoms with van der Waals surface area (Å²) in [4.78, 5) is 19.1. The lowest BCUT2D eigenvalue weighted by Gasteiger charge is -2.34. The average Bonchev–Trinajstić information content (AvgIpc) is 2.73. The highest BCUT2D eigenvalue weighted by molar-refractivity contribution is 7.99. The molecule has 0 bridgehead atoms. The minimum Gasteiger partial charge on any atom is -0.369 e. The zero-order chi connectivity index (χ0) is 21.3. The van der Waals surface area contributed by atoms with Gasteiger partial charge < -0.3 is 4.90 Å². The van der Waals surface area contributed by atoms with E-state index >= 15 is 0 Å². The van der Waals surface area contributed by atoms with Crippen LogP contribution in [0.25, 0.3) is 10.9 Å². The highest BCUT2D eigenvalue weighted by Crippen LogP contribution is 2.39. The van der Waals surface area contributed by atoms with E-state index in [2.05, 4.69) is 9.88 Å². The molecule has 0 atom stereocenters. The van der Waals surface area contributed by atoms with Crippen LogP contribution in [-0.2, 0) is 10.0 Å². The Hall–Kier alpha value is -2.69. The Bertz CT molecular complexity index is 1200. The number of fused-ring (bicyclic) bond motifs is 1. The Morgan fingerprint density at radius 1 is 1.03 bits per heavy atom. The monoisotopic (exact) mass is 444 g/mol. The van der Waals surface area contributed by atoms with Crippen LogP contribution in [0.2, 0.25) is 0 Å². The fraction of sp³-hybridized carbons (Fsp3) is 0.250. The molecule has 0 amide bonds. The van der Waals surface area contributed by atoms with Crippen molar-refractivity contribution in [1.82, 2.24) is 9.29 Å². The molecule has 156 valence electrons. The number of benzene rings is 2. The standard InChI is InChI=1S/C20H20N4O4S2/c1-30(27,28)23-12-10-22(11-13-23)16-7-8-17(24(25)26)19(14-16)29-18-6-2-4-15-5-3-9-21-20(15)18/h2-9,14H,10-13H2,1H3. The van der Waals surface area contributed by atoms with Gasteiger partial charge >= 0.3 is 0 Å². The van der Waals surface area contributed by atoms with Gasteiger partial charge in [0.05, 0.1) is 21.6 Å². The lowest BCUT2D eigenvalue weighted by Crippen LogP contribution is -2.48. The van der Waals surface area contributed by atoms with Crippen LogP contribution < -0.4 is 4.90 Å². The first-order chi connectivity index (χ1) is 14.3. The molecule has 1 aliphatic rings. The van der Waals surface area contributed by atoms with Gasteiger partial charge in [-0.3, -0.25) is 15.1 Å². The van der Waals surface area contributed by atoms with Gasteiger partial charge in [-0.25, -0.2) is 8.42 Å². The first kappa shape index (κ1) is 20.6. The molecule has 1 aliphatic heterocycles. The minimum atomic E-state index is -3.21. The first-order valence-electron chi connectivity index (χ1n) is 9.33. The summed E-state index contributed by atoms with van der Waals surface area (Å²) < 4.78 is 24.9. The normalized spacial score (nSPS) is 15.4. The smallest absolute Gasteiger partial charge is 0.283 e. The SMILES string of the molecule is CS(=O)(=O)N1CCN(c2ccc([N+](=O)[O-])c(Sc3cccc4cccnc34)c2)CC1. The Morgan fingerprint density at radius 3 is 2.47 bits per heavy atom. The molecule has 1 aromatic heterocycles. The molecule has 2 heterocycles. The van der Waals surface area contributed by atoms with E-state index in [9.17, 15) is 18.5 Å². The topological polar surface area (TPSA) is 96.7 Å². The number of sulfonamides is 1. The van der Waals surface area contributed by atoms with Crippen LogP contribution in [0.15, 0.2) is 64.5 Å². The van der Waals surface area contributed by atoms with Crippen molar-refractivity contribution in [2.45, 2.75) is 9.79 Å². The number of para-hydroxylation sites is 1. The number of rotatable bonds is 5. The molecule has 0 spiro atoms. The molecule has 0 N–H and O–H groups in total. The predicted octanol–water partition coefficient (Wildman–Crippen LogP) is 3.38. The van der Waals surface area contributed by atoms with E-state index in [0.717, 1.165) is 21.5 Å². The van der Waals surface area contributed by atoms with Gasteiger partial charge in [0, 0.05) is 54.4 Å².